The van der Waals surface area contributed by atoms with Crippen molar-refractivity contribution in [1.82, 2.24) is 0 Å². The summed E-state index contributed by atoms with van der Waals surface area (Å²) in [6.45, 7) is 4.83. The topological polar surface area (TPSA) is 32.3 Å². The van der Waals surface area contributed by atoms with E-state index in [1.807, 2.05) is 53.9 Å². The third-order valence-electron chi connectivity index (χ3n) is 3.98. The van der Waals surface area contributed by atoms with Gasteiger partial charge < -0.3 is 5.32 Å². The van der Waals surface area contributed by atoms with Gasteiger partial charge in [-0.1, -0.05) is 36.7 Å². The molecule has 5 heteroatoms. The summed E-state index contributed by atoms with van der Waals surface area (Å²) in [5.41, 5.74) is 2.72. The van der Waals surface area contributed by atoms with Crippen molar-refractivity contribution >= 4 is 40.8 Å². The Bertz CT molecular complexity index is 735. The first-order chi connectivity index (χ1) is 11.1. The molecule has 1 N–H and O–H groups in total. The van der Waals surface area contributed by atoms with E-state index in [1.54, 1.807) is 6.07 Å². The highest BCUT2D eigenvalue weighted by Crippen LogP contribution is 2.39. The standard InChI is InChI=1S/C18H19ClN2OS/c1-3-14-11-21(16-6-4-5-7-17(16)23-14)18(22)20-15-10-13(19)9-8-12(15)2/h4-10,14H,3,11H2,1-2H3,(H,20,22)/t14-/m0/s1. The Hall–Kier alpha value is -1.65. The summed E-state index contributed by atoms with van der Waals surface area (Å²) in [5.74, 6) is 0. The van der Waals surface area contributed by atoms with E-state index in [2.05, 4.69) is 18.3 Å². The van der Waals surface area contributed by atoms with Gasteiger partial charge in [0.2, 0.25) is 0 Å². The number of hydrogen-bond acceptors (Lipinski definition) is 2. The molecule has 1 aliphatic heterocycles. The first-order valence-corrected chi connectivity index (χ1v) is 8.94. The third-order valence-corrected chi connectivity index (χ3v) is 5.63. The molecule has 0 radical (unpaired) electrons. The third kappa shape index (κ3) is 3.48. The predicted molar refractivity (Wildman–Crippen MR) is 98.9 cm³/mol. The van der Waals surface area contributed by atoms with E-state index in [0.717, 1.165) is 28.3 Å². The van der Waals surface area contributed by atoms with Crippen molar-refractivity contribution in [2.45, 2.75) is 30.4 Å². The van der Waals surface area contributed by atoms with Crippen molar-refractivity contribution in [2.75, 3.05) is 16.8 Å². The summed E-state index contributed by atoms with van der Waals surface area (Å²) in [6.07, 6.45) is 1.03. The lowest BCUT2D eigenvalue weighted by molar-refractivity contribution is 0.256. The number of halogens is 1. The molecule has 0 saturated heterocycles. The molecule has 1 atom stereocenters. The number of nitrogens with one attached hydrogen (secondary N) is 1. The maximum Gasteiger partial charge on any atom is 0.326 e. The monoisotopic (exact) mass is 346 g/mol. The van der Waals surface area contributed by atoms with Crippen LogP contribution in [-0.4, -0.2) is 17.8 Å². The van der Waals surface area contributed by atoms with Gasteiger partial charge in [-0.3, -0.25) is 4.90 Å². The minimum Gasteiger partial charge on any atom is -0.307 e. The molecule has 3 nitrogen and oxygen atoms in total. The van der Waals surface area contributed by atoms with E-state index >= 15 is 0 Å². The summed E-state index contributed by atoms with van der Waals surface area (Å²) in [6, 6.07) is 13.5. The largest absolute Gasteiger partial charge is 0.326 e. The van der Waals surface area contributed by atoms with Crippen molar-refractivity contribution in [1.29, 1.82) is 0 Å². The van der Waals surface area contributed by atoms with Gasteiger partial charge in [0, 0.05) is 27.4 Å². The summed E-state index contributed by atoms with van der Waals surface area (Å²) < 4.78 is 0. The van der Waals surface area contributed by atoms with Gasteiger partial charge in [-0.05, 0) is 43.2 Å². The van der Waals surface area contributed by atoms with Crippen molar-refractivity contribution < 1.29 is 4.79 Å². The molecule has 0 saturated carbocycles. The molecule has 1 heterocycles. The molecule has 3 rings (SSSR count). The quantitative estimate of drug-likeness (QED) is 0.770. The fourth-order valence-corrected chi connectivity index (χ4v) is 3.99. The number of thioether (sulfide) groups is 1. The maximum atomic E-state index is 12.8. The van der Waals surface area contributed by atoms with Gasteiger partial charge in [-0.2, -0.15) is 0 Å². The van der Waals surface area contributed by atoms with Crippen LogP contribution in [0.25, 0.3) is 0 Å². The molecular weight excluding hydrogens is 328 g/mol. The smallest absolute Gasteiger partial charge is 0.307 e. The summed E-state index contributed by atoms with van der Waals surface area (Å²) >= 11 is 7.89. The number of hydrogen-bond donors (Lipinski definition) is 1. The number of aryl methyl sites for hydroxylation is 1. The molecule has 2 aromatic rings. The Morgan fingerprint density at radius 2 is 2.13 bits per heavy atom. The Kier molecular flexibility index (Phi) is 4.83. The molecule has 2 amide bonds. The summed E-state index contributed by atoms with van der Waals surface area (Å²) in [7, 11) is 0. The second-order valence-electron chi connectivity index (χ2n) is 5.62. The fourth-order valence-electron chi connectivity index (χ4n) is 2.61. The van der Waals surface area contributed by atoms with Crippen LogP contribution < -0.4 is 10.2 Å². The fraction of sp³-hybridized carbons (Fsp3) is 0.278. The van der Waals surface area contributed by atoms with E-state index in [9.17, 15) is 4.79 Å². The number of rotatable bonds is 2. The maximum absolute atomic E-state index is 12.8. The van der Waals surface area contributed by atoms with Gasteiger partial charge in [0.15, 0.2) is 0 Å². The van der Waals surface area contributed by atoms with Crippen LogP contribution in [0.1, 0.15) is 18.9 Å². The highest BCUT2D eigenvalue weighted by molar-refractivity contribution is 8.00. The molecule has 23 heavy (non-hydrogen) atoms. The molecular formula is C18H19ClN2OS. The number of para-hydroxylation sites is 1. The Morgan fingerprint density at radius 1 is 1.35 bits per heavy atom. The van der Waals surface area contributed by atoms with E-state index in [0.29, 0.717) is 16.8 Å². The minimum atomic E-state index is -0.110. The van der Waals surface area contributed by atoms with E-state index in [-0.39, 0.29) is 6.03 Å². The highest BCUT2D eigenvalue weighted by atomic mass is 35.5. The molecule has 0 bridgehead atoms. The normalized spacial score (nSPS) is 16.8. The Balaban J connectivity index is 1.88. The highest BCUT2D eigenvalue weighted by Gasteiger charge is 2.28. The SMILES string of the molecule is CC[C@H]1CN(C(=O)Nc2cc(Cl)ccc2C)c2ccccc2S1. The second kappa shape index (κ2) is 6.85. The van der Waals surface area contributed by atoms with Crippen molar-refractivity contribution in [3.8, 4) is 0 Å². The van der Waals surface area contributed by atoms with Crippen LogP contribution in [0.2, 0.25) is 5.02 Å². The van der Waals surface area contributed by atoms with Crippen LogP contribution in [0.15, 0.2) is 47.4 Å². The van der Waals surface area contributed by atoms with Crippen molar-refractivity contribution in [3.63, 3.8) is 0 Å². The van der Waals surface area contributed by atoms with Crippen LogP contribution in [0, 0.1) is 6.92 Å². The van der Waals surface area contributed by atoms with Gasteiger partial charge in [0.25, 0.3) is 0 Å². The van der Waals surface area contributed by atoms with Crippen LogP contribution in [0.4, 0.5) is 16.2 Å². The van der Waals surface area contributed by atoms with Gasteiger partial charge in [0.1, 0.15) is 0 Å². The van der Waals surface area contributed by atoms with E-state index in [1.165, 1.54) is 0 Å². The lowest BCUT2D eigenvalue weighted by Gasteiger charge is -2.33. The zero-order chi connectivity index (χ0) is 16.4. The molecule has 120 valence electrons. The van der Waals surface area contributed by atoms with Crippen LogP contribution >= 0.6 is 23.4 Å². The molecule has 0 aromatic heterocycles. The number of carbonyl (C=O) groups is 1. The second-order valence-corrected chi connectivity index (χ2v) is 7.39. The average molecular weight is 347 g/mol. The van der Waals surface area contributed by atoms with Gasteiger partial charge in [-0.25, -0.2) is 4.79 Å². The number of fused-ring (bicyclic) bond motifs is 1. The Morgan fingerprint density at radius 3 is 2.91 bits per heavy atom. The molecule has 0 unspecified atom stereocenters. The average Bonchev–Trinajstić information content (AvgIpc) is 2.57. The van der Waals surface area contributed by atoms with Crippen LogP contribution in [0.5, 0.6) is 0 Å². The summed E-state index contributed by atoms with van der Waals surface area (Å²) in [5, 5.41) is 4.03. The molecule has 0 fully saturated rings. The lowest BCUT2D eigenvalue weighted by Crippen LogP contribution is -2.42. The van der Waals surface area contributed by atoms with Crippen molar-refractivity contribution in [2.24, 2.45) is 0 Å². The van der Waals surface area contributed by atoms with E-state index < -0.39 is 0 Å². The zero-order valence-corrected chi connectivity index (χ0v) is 14.7. The number of benzene rings is 2. The lowest BCUT2D eigenvalue weighted by atomic mass is 10.2. The number of anilines is 2. The zero-order valence-electron chi connectivity index (χ0n) is 13.2. The Labute approximate surface area is 146 Å². The van der Waals surface area contributed by atoms with Gasteiger partial charge in [0.05, 0.1) is 5.69 Å². The minimum absolute atomic E-state index is 0.110. The van der Waals surface area contributed by atoms with E-state index in [4.69, 9.17) is 11.6 Å². The number of carbonyl (C=O) groups excluding carboxylic acids is 1. The first kappa shape index (κ1) is 16.2. The van der Waals surface area contributed by atoms with Crippen molar-refractivity contribution in [3.05, 3.63) is 53.1 Å². The number of nitrogens with zero attached hydrogens (tertiary/aromatic N) is 1. The predicted octanol–water partition coefficient (Wildman–Crippen LogP) is 5.57. The first-order valence-electron chi connectivity index (χ1n) is 7.69. The van der Waals surface area contributed by atoms with Crippen LogP contribution in [-0.2, 0) is 0 Å². The molecule has 0 aliphatic carbocycles. The number of amides is 2. The molecule has 2 aromatic carbocycles. The van der Waals surface area contributed by atoms with Gasteiger partial charge >= 0.3 is 6.03 Å². The summed E-state index contributed by atoms with van der Waals surface area (Å²) in [4.78, 5) is 15.8. The molecule has 1 aliphatic rings. The number of urea groups is 1. The van der Waals surface area contributed by atoms with Gasteiger partial charge in [-0.15, -0.1) is 11.8 Å². The molecule has 0 spiro atoms. The van der Waals surface area contributed by atoms with Crippen LogP contribution in [0.3, 0.4) is 0 Å².